The van der Waals surface area contributed by atoms with E-state index < -0.39 is 24.1 Å². The van der Waals surface area contributed by atoms with E-state index in [1.165, 1.54) is 12.3 Å². The molecule has 2 heterocycles. The Kier molecular flexibility index (Phi) is 14.7. The van der Waals surface area contributed by atoms with Gasteiger partial charge in [0.2, 0.25) is 11.8 Å². The number of esters is 1. The molecule has 0 spiro atoms. The van der Waals surface area contributed by atoms with Gasteiger partial charge in [0.15, 0.2) is 11.8 Å². The smallest absolute Gasteiger partial charge is 0.355 e. The quantitative estimate of drug-likeness (QED) is 0.170. The van der Waals surface area contributed by atoms with Crippen LogP contribution in [0, 0.1) is 11.8 Å². The van der Waals surface area contributed by atoms with E-state index in [1.807, 2.05) is 32.6 Å². The van der Waals surface area contributed by atoms with Gasteiger partial charge in [-0.3, -0.25) is 14.4 Å². The van der Waals surface area contributed by atoms with E-state index >= 15 is 0 Å². The van der Waals surface area contributed by atoms with Gasteiger partial charge in [0, 0.05) is 31.3 Å². The number of hydrogen-bond acceptors (Lipinski definition) is 8. The highest BCUT2D eigenvalue weighted by atomic mass is 32.1. The van der Waals surface area contributed by atoms with Crippen LogP contribution >= 0.6 is 11.3 Å². The molecule has 1 aromatic heterocycles. The number of carboxylic acid groups (broad SMARTS) is 1. The fourth-order valence-electron chi connectivity index (χ4n) is 5.25. The predicted molar refractivity (Wildman–Crippen MR) is 160 cm³/mol. The first-order valence-electron chi connectivity index (χ1n) is 15.2. The van der Waals surface area contributed by atoms with Gasteiger partial charge in [0.1, 0.15) is 11.0 Å². The SMILES string of the molecule is CCCCCCN(C(=O)[C@@H](NC(=O)[C@H]1CCCCN1)[C@@H](C)CC)[C@H](C[C@@H](OC(C)=O)c1nc(C(=O)O)cs1)C(C)C. The van der Waals surface area contributed by atoms with E-state index in [9.17, 15) is 24.3 Å². The van der Waals surface area contributed by atoms with Crippen molar-refractivity contribution >= 4 is 35.1 Å². The lowest BCUT2D eigenvalue weighted by Crippen LogP contribution is -2.58. The average Bonchev–Trinajstić information content (AvgIpc) is 3.44. The number of thiazole rings is 1. The number of carbonyl (C=O) groups is 4. The number of carbonyl (C=O) groups excluding carboxylic acids is 3. The Bertz CT molecular complexity index is 993. The summed E-state index contributed by atoms with van der Waals surface area (Å²) in [7, 11) is 0. The maximum Gasteiger partial charge on any atom is 0.355 e. The fraction of sp³-hybridized carbons (Fsp3) is 0.767. The number of unbranched alkanes of at least 4 members (excludes halogenated alkanes) is 3. The summed E-state index contributed by atoms with van der Waals surface area (Å²) in [5.41, 5.74) is -0.105. The first kappa shape index (κ1) is 34.7. The lowest BCUT2D eigenvalue weighted by molar-refractivity contribution is -0.149. The van der Waals surface area contributed by atoms with Crippen molar-refractivity contribution in [3.8, 4) is 0 Å². The molecule has 2 rings (SSSR count). The highest BCUT2D eigenvalue weighted by Gasteiger charge is 2.38. The van der Waals surface area contributed by atoms with Crippen molar-refractivity contribution in [1.82, 2.24) is 20.5 Å². The zero-order valence-corrected chi connectivity index (χ0v) is 26.4. The van der Waals surface area contributed by atoms with Crippen LogP contribution in [-0.4, -0.2) is 70.0 Å². The molecule has 11 heteroatoms. The second-order valence-corrected chi connectivity index (χ2v) is 12.4. The second kappa shape index (κ2) is 17.4. The Morgan fingerprint density at radius 2 is 1.90 bits per heavy atom. The molecule has 5 atom stereocenters. The lowest BCUT2D eigenvalue weighted by atomic mass is 9.91. The normalized spacial score (nSPS) is 18.3. The van der Waals surface area contributed by atoms with Crippen molar-refractivity contribution in [2.45, 2.75) is 124 Å². The van der Waals surface area contributed by atoms with E-state index in [-0.39, 0.29) is 47.8 Å². The zero-order valence-electron chi connectivity index (χ0n) is 25.6. The van der Waals surface area contributed by atoms with Crippen molar-refractivity contribution in [2.75, 3.05) is 13.1 Å². The molecule has 0 aromatic carbocycles. The molecule has 232 valence electrons. The van der Waals surface area contributed by atoms with E-state index in [1.54, 1.807) is 0 Å². The molecule has 1 aliphatic rings. The third-order valence-electron chi connectivity index (χ3n) is 7.89. The van der Waals surface area contributed by atoms with Crippen LogP contribution < -0.4 is 10.6 Å². The molecule has 0 radical (unpaired) electrons. The Balaban J connectivity index is 2.41. The molecule has 41 heavy (non-hydrogen) atoms. The van der Waals surface area contributed by atoms with Gasteiger partial charge in [-0.05, 0) is 37.6 Å². The van der Waals surface area contributed by atoms with E-state index in [0.29, 0.717) is 11.6 Å². The van der Waals surface area contributed by atoms with Crippen LogP contribution in [0.2, 0.25) is 0 Å². The molecular formula is C30H50N4O6S. The minimum absolute atomic E-state index is 0.00427. The summed E-state index contributed by atoms with van der Waals surface area (Å²) in [6, 6.07) is -1.32. The molecule has 1 saturated heterocycles. The van der Waals surface area contributed by atoms with Gasteiger partial charge in [-0.25, -0.2) is 9.78 Å². The Labute approximate surface area is 249 Å². The second-order valence-electron chi connectivity index (χ2n) is 11.5. The summed E-state index contributed by atoms with van der Waals surface area (Å²) in [6.45, 7) is 12.8. The van der Waals surface area contributed by atoms with E-state index in [4.69, 9.17) is 4.74 Å². The number of piperidine rings is 1. The van der Waals surface area contributed by atoms with Crippen LogP contribution in [0.5, 0.6) is 0 Å². The molecule has 3 N–H and O–H groups in total. The Morgan fingerprint density at radius 1 is 1.17 bits per heavy atom. The van der Waals surface area contributed by atoms with Crippen LogP contribution in [0.15, 0.2) is 5.38 Å². The van der Waals surface area contributed by atoms with Gasteiger partial charge >= 0.3 is 11.9 Å². The highest BCUT2D eigenvalue weighted by molar-refractivity contribution is 7.09. The molecule has 2 amide bonds. The molecule has 10 nitrogen and oxygen atoms in total. The number of aromatic carboxylic acids is 1. The van der Waals surface area contributed by atoms with Crippen LogP contribution in [0.4, 0.5) is 0 Å². The van der Waals surface area contributed by atoms with Gasteiger partial charge in [-0.1, -0.05) is 66.7 Å². The molecule has 1 aliphatic heterocycles. The topological polar surface area (TPSA) is 138 Å². The number of aromatic nitrogens is 1. The fourth-order valence-corrected chi connectivity index (χ4v) is 6.08. The number of rotatable bonds is 17. The Morgan fingerprint density at radius 3 is 2.44 bits per heavy atom. The average molecular weight is 595 g/mol. The van der Waals surface area contributed by atoms with Crippen LogP contribution in [-0.2, 0) is 19.1 Å². The molecular weight excluding hydrogens is 544 g/mol. The van der Waals surface area contributed by atoms with Gasteiger partial charge in [-0.2, -0.15) is 0 Å². The zero-order chi connectivity index (χ0) is 30.5. The van der Waals surface area contributed by atoms with Gasteiger partial charge < -0.3 is 25.4 Å². The van der Waals surface area contributed by atoms with Crippen molar-refractivity contribution in [1.29, 1.82) is 0 Å². The summed E-state index contributed by atoms with van der Waals surface area (Å²) < 4.78 is 5.66. The van der Waals surface area contributed by atoms with Crippen LogP contribution in [0.1, 0.15) is 121 Å². The standard InChI is InChI=1S/C30H50N4O6S/c1-7-9-10-13-16-34(29(37)26(20(5)8-2)33-27(36)22-14-11-12-15-31-22)24(19(3)4)17-25(40-21(6)35)28-32-23(18-41-28)30(38)39/h18-20,22,24-26,31H,7-17H2,1-6H3,(H,33,36)(H,38,39)/t20-,22+,24+,25+,26-/m0/s1. The van der Waals surface area contributed by atoms with Crippen molar-refractivity contribution < 1.29 is 29.0 Å². The minimum atomic E-state index is -1.15. The predicted octanol–water partition coefficient (Wildman–Crippen LogP) is 4.94. The summed E-state index contributed by atoms with van der Waals surface area (Å²) in [4.78, 5) is 57.3. The summed E-state index contributed by atoms with van der Waals surface area (Å²) in [5, 5.41) is 17.6. The third-order valence-corrected chi connectivity index (χ3v) is 8.83. The molecule has 1 aromatic rings. The first-order valence-corrected chi connectivity index (χ1v) is 16.1. The molecule has 0 unspecified atom stereocenters. The summed E-state index contributed by atoms with van der Waals surface area (Å²) in [5.74, 6) is -2.02. The van der Waals surface area contributed by atoms with Crippen LogP contribution in [0.3, 0.4) is 0 Å². The number of carboxylic acids is 1. The van der Waals surface area contributed by atoms with Gasteiger partial charge in [0.05, 0.1) is 6.04 Å². The maximum atomic E-state index is 14.4. The van der Waals surface area contributed by atoms with Crippen molar-refractivity contribution in [3.63, 3.8) is 0 Å². The summed E-state index contributed by atoms with van der Waals surface area (Å²) >= 11 is 1.13. The van der Waals surface area contributed by atoms with Gasteiger partial charge in [0.25, 0.3) is 0 Å². The minimum Gasteiger partial charge on any atom is -0.476 e. The van der Waals surface area contributed by atoms with E-state index in [2.05, 4.69) is 22.5 Å². The number of nitrogens with zero attached hydrogens (tertiary/aromatic N) is 2. The highest BCUT2D eigenvalue weighted by Crippen LogP contribution is 2.32. The third kappa shape index (κ3) is 10.7. The first-order chi connectivity index (χ1) is 19.5. The molecule has 1 fully saturated rings. The van der Waals surface area contributed by atoms with E-state index in [0.717, 1.165) is 69.2 Å². The molecule has 0 bridgehead atoms. The van der Waals surface area contributed by atoms with Crippen molar-refractivity contribution in [3.05, 3.63) is 16.1 Å². The maximum absolute atomic E-state index is 14.4. The molecule has 0 aliphatic carbocycles. The lowest BCUT2D eigenvalue weighted by Gasteiger charge is -2.40. The van der Waals surface area contributed by atoms with Gasteiger partial charge in [-0.15, -0.1) is 11.3 Å². The van der Waals surface area contributed by atoms with Crippen LogP contribution in [0.25, 0.3) is 0 Å². The Hall–Kier alpha value is -2.53. The largest absolute Gasteiger partial charge is 0.476 e. The number of ether oxygens (including phenoxy) is 1. The number of nitrogens with one attached hydrogen (secondary N) is 2. The number of amides is 2. The number of hydrogen-bond donors (Lipinski definition) is 3. The van der Waals surface area contributed by atoms with Crippen molar-refractivity contribution in [2.24, 2.45) is 11.8 Å². The summed E-state index contributed by atoms with van der Waals surface area (Å²) in [6.07, 6.45) is 6.86. The molecule has 0 saturated carbocycles. The monoisotopic (exact) mass is 594 g/mol.